The number of hydrogen-bond acceptors (Lipinski definition) is 3. The van der Waals surface area contributed by atoms with Crippen LogP contribution >= 0.6 is 15.9 Å². The Bertz CT molecular complexity index is 498. The number of aliphatic hydroxyl groups is 1. The van der Waals surface area contributed by atoms with E-state index < -0.39 is 29.9 Å². The lowest BCUT2D eigenvalue weighted by Crippen LogP contribution is -2.70. The van der Waals surface area contributed by atoms with Crippen LogP contribution in [0.3, 0.4) is 0 Å². The maximum absolute atomic E-state index is 15.3. The third-order valence-electron chi connectivity index (χ3n) is 4.01. The fourth-order valence-electron chi connectivity index (χ4n) is 2.91. The Morgan fingerprint density at radius 1 is 1.57 bits per heavy atom. The summed E-state index contributed by atoms with van der Waals surface area (Å²) in [5.74, 6) is -0.505. The zero-order valence-corrected chi connectivity index (χ0v) is 15.3. The average molecular weight is 396 g/mol. The molecule has 132 valence electrons. The molecule has 1 fully saturated rings. The van der Waals surface area contributed by atoms with Gasteiger partial charge in [-0.05, 0) is 11.6 Å². The van der Waals surface area contributed by atoms with Gasteiger partial charge in [0.15, 0.2) is 5.67 Å². The Kier molecular flexibility index (Phi) is 7.35. The SMILES string of the molecule is CC.CC(=O)NC1(C2=CC(Br)=CCC2F)COCCC1(F)CO. The molecule has 0 radical (unpaired) electrons. The lowest BCUT2D eigenvalue weighted by atomic mass is 9.70. The topological polar surface area (TPSA) is 58.6 Å². The van der Waals surface area contributed by atoms with Gasteiger partial charge in [0, 0.05) is 30.9 Å². The van der Waals surface area contributed by atoms with Crippen LogP contribution in [-0.4, -0.2) is 48.2 Å². The molecule has 1 aliphatic carbocycles. The van der Waals surface area contributed by atoms with Crippen molar-refractivity contribution < 1.29 is 23.4 Å². The molecule has 2 aliphatic rings. The molecule has 3 atom stereocenters. The van der Waals surface area contributed by atoms with E-state index in [1.54, 1.807) is 6.08 Å². The number of carbonyl (C=O) groups excluding carboxylic acids is 1. The van der Waals surface area contributed by atoms with E-state index in [4.69, 9.17) is 4.74 Å². The lowest BCUT2D eigenvalue weighted by Gasteiger charge is -2.50. The summed E-state index contributed by atoms with van der Waals surface area (Å²) >= 11 is 3.25. The van der Waals surface area contributed by atoms with Gasteiger partial charge >= 0.3 is 0 Å². The minimum absolute atomic E-state index is 0.0786. The molecule has 1 amide bonds. The molecule has 0 saturated carbocycles. The number of rotatable bonds is 3. The van der Waals surface area contributed by atoms with E-state index in [1.807, 2.05) is 13.8 Å². The smallest absolute Gasteiger partial charge is 0.217 e. The number of alkyl halides is 2. The van der Waals surface area contributed by atoms with Crippen molar-refractivity contribution in [2.45, 2.75) is 51.0 Å². The van der Waals surface area contributed by atoms with Crippen molar-refractivity contribution in [3.63, 3.8) is 0 Å². The van der Waals surface area contributed by atoms with Crippen LogP contribution in [0.25, 0.3) is 0 Å². The normalized spacial score (nSPS) is 33.8. The number of halogens is 3. The standard InChI is InChI=1S/C14H18BrF2NO3.C2H6/c1-9(20)18-14(8-21-5-4-13(14,17)7-19)11-6-10(15)2-3-12(11)16;1-2/h2,6,12,19H,3-5,7-8H2,1H3,(H,18,20);1-2H3. The van der Waals surface area contributed by atoms with Crippen LogP contribution in [0.1, 0.15) is 33.6 Å². The van der Waals surface area contributed by atoms with Crippen LogP contribution < -0.4 is 5.32 Å². The van der Waals surface area contributed by atoms with E-state index in [0.717, 1.165) is 0 Å². The number of allylic oxidation sites excluding steroid dienone is 3. The first-order valence-electron chi connectivity index (χ1n) is 7.73. The summed E-state index contributed by atoms with van der Waals surface area (Å²) in [6, 6.07) is 0. The Morgan fingerprint density at radius 2 is 2.22 bits per heavy atom. The molecule has 4 nitrogen and oxygen atoms in total. The zero-order valence-electron chi connectivity index (χ0n) is 13.7. The van der Waals surface area contributed by atoms with Gasteiger partial charge in [-0.3, -0.25) is 4.79 Å². The molecule has 0 aromatic carbocycles. The number of aliphatic hydroxyl groups excluding tert-OH is 1. The maximum atomic E-state index is 15.3. The molecule has 1 saturated heterocycles. The second kappa shape index (κ2) is 8.35. The molecule has 7 heteroatoms. The molecule has 2 rings (SSSR count). The highest BCUT2D eigenvalue weighted by Gasteiger charge is 2.58. The first-order valence-corrected chi connectivity index (χ1v) is 8.52. The number of amides is 1. The molecular weight excluding hydrogens is 372 g/mol. The summed E-state index contributed by atoms with van der Waals surface area (Å²) in [6.07, 6.45) is 1.62. The molecular formula is C16H24BrF2NO3. The number of ether oxygens (including phenoxy) is 1. The molecule has 1 heterocycles. The lowest BCUT2D eigenvalue weighted by molar-refractivity contribution is -0.135. The van der Waals surface area contributed by atoms with Gasteiger partial charge in [-0.2, -0.15) is 0 Å². The minimum Gasteiger partial charge on any atom is -0.393 e. The van der Waals surface area contributed by atoms with Gasteiger partial charge in [-0.25, -0.2) is 8.78 Å². The quantitative estimate of drug-likeness (QED) is 0.772. The van der Waals surface area contributed by atoms with Gasteiger partial charge in [-0.1, -0.05) is 35.9 Å². The zero-order chi connectivity index (χ0) is 17.7. The Hall–Kier alpha value is -0.790. The predicted molar refractivity (Wildman–Crippen MR) is 88.9 cm³/mol. The van der Waals surface area contributed by atoms with Crippen LogP contribution in [0.4, 0.5) is 8.78 Å². The van der Waals surface area contributed by atoms with E-state index >= 15 is 4.39 Å². The van der Waals surface area contributed by atoms with Gasteiger partial charge in [-0.15, -0.1) is 0 Å². The monoisotopic (exact) mass is 395 g/mol. The van der Waals surface area contributed by atoms with E-state index in [-0.39, 0.29) is 31.6 Å². The Balaban J connectivity index is 0.00000127. The number of nitrogens with one attached hydrogen (secondary N) is 1. The van der Waals surface area contributed by atoms with Gasteiger partial charge < -0.3 is 15.2 Å². The van der Waals surface area contributed by atoms with E-state index in [9.17, 15) is 14.3 Å². The van der Waals surface area contributed by atoms with Crippen molar-refractivity contribution in [3.05, 3.63) is 22.2 Å². The van der Waals surface area contributed by atoms with Crippen molar-refractivity contribution in [3.8, 4) is 0 Å². The van der Waals surface area contributed by atoms with Crippen molar-refractivity contribution in [1.29, 1.82) is 0 Å². The first kappa shape index (κ1) is 20.3. The van der Waals surface area contributed by atoms with Gasteiger partial charge in [0.05, 0.1) is 13.2 Å². The summed E-state index contributed by atoms with van der Waals surface area (Å²) in [6.45, 7) is 4.31. The summed E-state index contributed by atoms with van der Waals surface area (Å²) in [4.78, 5) is 11.6. The highest BCUT2D eigenvalue weighted by atomic mass is 79.9. The van der Waals surface area contributed by atoms with Gasteiger partial charge in [0.1, 0.15) is 11.7 Å². The second-order valence-corrected chi connectivity index (χ2v) is 6.32. The third-order valence-corrected chi connectivity index (χ3v) is 4.56. The highest BCUT2D eigenvalue weighted by molar-refractivity contribution is 9.11. The first-order chi connectivity index (χ1) is 10.8. The summed E-state index contributed by atoms with van der Waals surface area (Å²) in [7, 11) is 0. The summed E-state index contributed by atoms with van der Waals surface area (Å²) < 4.78 is 35.6. The molecule has 0 aromatic heterocycles. The molecule has 0 bridgehead atoms. The van der Waals surface area contributed by atoms with Gasteiger partial charge in [0.25, 0.3) is 0 Å². The van der Waals surface area contributed by atoms with Crippen LogP contribution in [-0.2, 0) is 9.53 Å². The molecule has 0 spiro atoms. The van der Waals surface area contributed by atoms with Crippen molar-refractivity contribution in [1.82, 2.24) is 5.32 Å². The van der Waals surface area contributed by atoms with E-state index in [1.165, 1.54) is 13.0 Å². The van der Waals surface area contributed by atoms with Crippen LogP contribution in [0.15, 0.2) is 22.2 Å². The second-order valence-electron chi connectivity index (χ2n) is 5.40. The van der Waals surface area contributed by atoms with E-state index in [2.05, 4.69) is 21.2 Å². The molecule has 2 N–H and O–H groups in total. The fourth-order valence-corrected chi connectivity index (χ4v) is 3.34. The Morgan fingerprint density at radius 3 is 2.78 bits per heavy atom. The minimum atomic E-state index is -2.17. The Labute approximate surface area is 144 Å². The maximum Gasteiger partial charge on any atom is 0.217 e. The van der Waals surface area contributed by atoms with Gasteiger partial charge in [0.2, 0.25) is 5.91 Å². The third kappa shape index (κ3) is 4.00. The number of hydrogen-bond donors (Lipinski definition) is 2. The van der Waals surface area contributed by atoms with Crippen LogP contribution in [0.2, 0.25) is 0 Å². The number of carbonyl (C=O) groups is 1. The molecule has 1 aliphatic heterocycles. The summed E-state index contributed by atoms with van der Waals surface area (Å²) in [5, 5.41) is 12.0. The van der Waals surface area contributed by atoms with Crippen LogP contribution in [0.5, 0.6) is 0 Å². The fraction of sp³-hybridized carbons (Fsp3) is 0.688. The van der Waals surface area contributed by atoms with E-state index in [0.29, 0.717) is 4.48 Å². The van der Waals surface area contributed by atoms with Crippen molar-refractivity contribution in [2.24, 2.45) is 0 Å². The molecule has 23 heavy (non-hydrogen) atoms. The van der Waals surface area contributed by atoms with Crippen LogP contribution in [0, 0.1) is 0 Å². The van der Waals surface area contributed by atoms with Crippen molar-refractivity contribution in [2.75, 3.05) is 19.8 Å². The van der Waals surface area contributed by atoms with Crippen molar-refractivity contribution >= 4 is 21.8 Å². The summed E-state index contributed by atoms with van der Waals surface area (Å²) in [5.41, 5.74) is -3.78. The largest absolute Gasteiger partial charge is 0.393 e. The highest BCUT2D eigenvalue weighted by Crippen LogP contribution is 2.44. The molecule has 0 aromatic rings. The predicted octanol–water partition coefficient (Wildman–Crippen LogP) is 2.96. The molecule has 3 unspecified atom stereocenters. The average Bonchev–Trinajstić information content (AvgIpc) is 2.53.